The van der Waals surface area contributed by atoms with Crippen molar-refractivity contribution in [1.29, 1.82) is 0 Å². The third-order valence-corrected chi connectivity index (χ3v) is 5.48. The van der Waals surface area contributed by atoms with Crippen LogP contribution in [0.3, 0.4) is 0 Å². The minimum atomic E-state index is 0.442. The maximum absolute atomic E-state index is 4.85. The monoisotopic (exact) mass is 328 g/mol. The second-order valence-corrected chi connectivity index (χ2v) is 7.41. The van der Waals surface area contributed by atoms with E-state index in [0.717, 1.165) is 31.3 Å². The Kier molecular flexibility index (Phi) is 4.39. The second-order valence-electron chi connectivity index (χ2n) is 7.41. The number of rotatable bonds is 4. The van der Waals surface area contributed by atoms with Gasteiger partial charge < -0.3 is 0 Å². The summed E-state index contributed by atoms with van der Waals surface area (Å²) in [7, 11) is 0. The van der Waals surface area contributed by atoms with Crippen LogP contribution < -0.4 is 0 Å². The van der Waals surface area contributed by atoms with Crippen LogP contribution in [0.25, 0.3) is 0 Å². The Morgan fingerprint density at radius 2 is 1.83 bits per heavy atom. The number of aromatic nitrogens is 5. The van der Waals surface area contributed by atoms with Gasteiger partial charge in [0, 0.05) is 19.3 Å². The van der Waals surface area contributed by atoms with Crippen molar-refractivity contribution in [2.75, 3.05) is 13.1 Å². The number of likely N-dealkylation sites (tertiary alicyclic amines) is 1. The van der Waals surface area contributed by atoms with Gasteiger partial charge in [-0.2, -0.15) is 10.2 Å². The number of hydrogen-bond acceptors (Lipinski definition) is 4. The van der Waals surface area contributed by atoms with Crippen molar-refractivity contribution < 1.29 is 0 Å². The molecule has 0 radical (unpaired) electrons. The van der Waals surface area contributed by atoms with Crippen LogP contribution in [0.5, 0.6) is 0 Å². The normalized spacial score (nSPS) is 23.2. The van der Waals surface area contributed by atoms with Crippen molar-refractivity contribution in [3.8, 4) is 0 Å². The molecule has 0 bridgehead atoms. The van der Waals surface area contributed by atoms with Gasteiger partial charge in [0.05, 0.1) is 17.8 Å². The summed E-state index contributed by atoms with van der Waals surface area (Å²) in [6.07, 6.45) is 9.87. The molecule has 2 aliphatic rings. The van der Waals surface area contributed by atoms with Crippen molar-refractivity contribution in [3.05, 3.63) is 29.6 Å². The molecule has 0 spiro atoms. The zero-order valence-corrected chi connectivity index (χ0v) is 14.9. The van der Waals surface area contributed by atoms with Crippen LogP contribution in [0.15, 0.2) is 12.3 Å². The molecule has 130 valence electrons. The third-order valence-electron chi connectivity index (χ3n) is 5.48. The molecular formula is C18H28N6. The van der Waals surface area contributed by atoms with E-state index in [1.54, 1.807) is 0 Å². The maximum atomic E-state index is 4.85. The molecule has 6 heteroatoms. The molecule has 6 nitrogen and oxygen atoms in total. The van der Waals surface area contributed by atoms with Crippen molar-refractivity contribution in [2.45, 2.75) is 71.0 Å². The highest BCUT2D eigenvalue weighted by atomic mass is 15.4. The molecule has 0 N–H and O–H groups in total. The highest BCUT2D eigenvalue weighted by Crippen LogP contribution is 2.29. The standard InChI is InChI=1S/C18H28N6/c1-14-19-15(2)24(20-14)18-8-5-10-22(13-18)12-16-9-11-23(21-16)17-6-3-4-7-17/h9,11,17-18H,3-8,10,12-13H2,1-2H3. The molecule has 1 atom stereocenters. The Morgan fingerprint density at radius 1 is 1.04 bits per heavy atom. The summed E-state index contributed by atoms with van der Waals surface area (Å²) in [4.78, 5) is 6.98. The Morgan fingerprint density at radius 3 is 2.58 bits per heavy atom. The van der Waals surface area contributed by atoms with Crippen LogP contribution in [-0.2, 0) is 6.54 Å². The predicted molar refractivity (Wildman–Crippen MR) is 92.8 cm³/mol. The van der Waals surface area contributed by atoms with Gasteiger partial charge in [-0.1, -0.05) is 12.8 Å². The van der Waals surface area contributed by atoms with Crippen molar-refractivity contribution in [3.63, 3.8) is 0 Å². The van der Waals surface area contributed by atoms with Crippen molar-refractivity contribution in [2.24, 2.45) is 0 Å². The van der Waals surface area contributed by atoms with E-state index >= 15 is 0 Å². The van der Waals surface area contributed by atoms with E-state index in [9.17, 15) is 0 Å². The van der Waals surface area contributed by atoms with Crippen LogP contribution in [0.2, 0.25) is 0 Å². The number of nitrogens with zero attached hydrogens (tertiary/aromatic N) is 6. The quantitative estimate of drug-likeness (QED) is 0.865. The first-order valence-corrected chi connectivity index (χ1v) is 9.35. The maximum Gasteiger partial charge on any atom is 0.147 e. The molecule has 2 aromatic heterocycles. The van der Waals surface area contributed by atoms with Gasteiger partial charge in [-0.05, 0) is 52.1 Å². The van der Waals surface area contributed by atoms with E-state index in [-0.39, 0.29) is 0 Å². The molecule has 1 saturated heterocycles. The second kappa shape index (κ2) is 6.67. The van der Waals surface area contributed by atoms with E-state index in [0.29, 0.717) is 12.1 Å². The molecule has 4 rings (SSSR count). The lowest BCUT2D eigenvalue weighted by Crippen LogP contribution is -2.37. The molecule has 1 saturated carbocycles. The van der Waals surface area contributed by atoms with Crippen LogP contribution in [-0.4, -0.2) is 42.5 Å². The van der Waals surface area contributed by atoms with Gasteiger partial charge in [-0.15, -0.1) is 0 Å². The molecule has 0 aromatic carbocycles. The first-order chi connectivity index (χ1) is 11.7. The fourth-order valence-corrected chi connectivity index (χ4v) is 4.32. The smallest absolute Gasteiger partial charge is 0.147 e. The molecule has 2 aromatic rings. The molecule has 1 aliphatic heterocycles. The fraction of sp³-hybridized carbons (Fsp3) is 0.722. The van der Waals surface area contributed by atoms with E-state index in [2.05, 4.69) is 43.5 Å². The van der Waals surface area contributed by atoms with Gasteiger partial charge >= 0.3 is 0 Å². The van der Waals surface area contributed by atoms with Gasteiger partial charge in [0.1, 0.15) is 11.6 Å². The van der Waals surface area contributed by atoms with E-state index in [4.69, 9.17) is 5.10 Å². The lowest BCUT2D eigenvalue weighted by molar-refractivity contribution is 0.159. The minimum Gasteiger partial charge on any atom is -0.295 e. The Hall–Kier alpha value is -1.69. The lowest BCUT2D eigenvalue weighted by atomic mass is 10.1. The Balaban J connectivity index is 1.40. The SMILES string of the molecule is Cc1nc(C)n(C2CCCN(Cc3ccn(C4CCCC4)n3)C2)n1. The topological polar surface area (TPSA) is 51.8 Å². The van der Waals surface area contributed by atoms with Crippen LogP contribution in [0.4, 0.5) is 0 Å². The molecule has 3 heterocycles. The Bertz CT molecular complexity index is 681. The van der Waals surface area contributed by atoms with Crippen LogP contribution in [0.1, 0.15) is 68.0 Å². The van der Waals surface area contributed by atoms with Crippen LogP contribution >= 0.6 is 0 Å². The molecule has 24 heavy (non-hydrogen) atoms. The van der Waals surface area contributed by atoms with Gasteiger partial charge in [-0.25, -0.2) is 9.67 Å². The van der Waals surface area contributed by atoms with Gasteiger partial charge in [-0.3, -0.25) is 9.58 Å². The van der Waals surface area contributed by atoms with E-state index in [1.165, 1.54) is 44.2 Å². The average molecular weight is 328 g/mol. The van der Waals surface area contributed by atoms with Crippen molar-refractivity contribution in [1.82, 2.24) is 29.4 Å². The Labute approximate surface area is 143 Å². The largest absolute Gasteiger partial charge is 0.295 e. The molecule has 0 amide bonds. The summed E-state index contributed by atoms with van der Waals surface area (Å²) in [6.45, 7) is 7.17. The fourth-order valence-electron chi connectivity index (χ4n) is 4.32. The summed E-state index contributed by atoms with van der Waals surface area (Å²) >= 11 is 0. The number of piperidine rings is 1. The molecular weight excluding hydrogens is 300 g/mol. The predicted octanol–water partition coefficient (Wildman–Crippen LogP) is 3.04. The summed E-state index contributed by atoms with van der Waals surface area (Å²) in [5, 5.41) is 9.44. The zero-order chi connectivity index (χ0) is 16.5. The first kappa shape index (κ1) is 15.8. The van der Waals surface area contributed by atoms with Gasteiger partial charge in [0.25, 0.3) is 0 Å². The summed E-state index contributed by atoms with van der Waals surface area (Å²) in [5.74, 6) is 1.91. The summed E-state index contributed by atoms with van der Waals surface area (Å²) in [5.41, 5.74) is 1.20. The summed E-state index contributed by atoms with van der Waals surface area (Å²) < 4.78 is 4.33. The summed E-state index contributed by atoms with van der Waals surface area (Å²) in [6, 6.07) is 3.28. The molecule has 2 fully saturated rings. The number of hydrogen-bond donors (Lipinski definition) is 0. The third kappa shape index (κ3) is 3.24. The van der Waals surface area contributed by atoms with Crippen LogP contribution in [0, 0.1) is 13.8 Å². The lowest BCUT2D eigenvalue weighted by Gasteiger charge is -2.32. The highest BCUT2D eigenvalue weighted by molar-refractivity contribution is 5.01. The molecule has 1 aliphatic carbocycles. The van der Waals surface area contributed by atoms with E-state index in [1.807, 2.05) is 6.92 Å². The minimum absolute atomic E-state index is 0.442. The average Bonchev–Trinajstić information content (AvgIpc) is 3.28. The van der Waals surface area contributed by atoms with Gasteiger partial charge in [0.15, 0.2) is 0 Å². The highest BCUT2D eigenvalue weighted by Gasteiger charge is 2.24. The van der Waals surface area contributed by atoms with E-state index < -0.39 is 0 Å². The first-order valence-electron chi connectivity index (χ1n) is 9.35. The van der Waals surface area contributed by atoms with Gasteiger partial charge in [0.2, 0.25) is 0 Å². The molecule has 1 unspecified atom stereocenters. The zero-order valence-electron chi connectivity index (χ0n) is 14.9. The van der Waals surface area contributed by atoms with Crippen molar-refractivity contribution >= 4 is 0 Å². The number of aryl methyl sites for hydroxylation is 2.